The summed E-state index contributed by atoms with van der Waals surface area (Å²) >= 11 is 5.37. The first-order valence-corrected chi connectivity index (χ1v) is 7.19. The summed E-state index contributed by atoms with van der Waals surface area (Å²) in [6.45, 7) is 9.73. The molecule has 0 atom stereocenters. The molecule has 0 aliphatic carbocycles. The van der Waals surface area contributed by atoms with Crippen LogP contribution in [0.3, 0.4) is 0 Å². The fourth-order valence-electron chi connectivity index (χ4n) is 2.71. The molecule has 1 aromatic heterocycles. The SMILES string of the molecule is CC(C)C(Cn1c(=S)[nH]c2ccc(F)cc21)C(C)C. The minimum atomic E-state index is -0.221. The highest BCUT2D eigenvalue weighted by Crippen LogP contribution is 2.25. The van der Waals surface area contributed by atoms with Gasteiger partial charge in [-0.2, -0.15) is 0 Å². The molecule has 0 aliphatic heterocycles. The average Bonchev–Trinajstić information content (AvgIpc) is 2.60. The Kier molecular flexibility index (Phi) is 4.09. The number of fused-ring (bicyclic) bond motifs is 1. The third-order valence-electron chi connectivity index (χ3n) is 3.84. The molecule has 4 heteroatoms. The van der Waals surface area contributed by atoms with Gasteiger partial charge in [0.05, 0.1) is 11.0 Å². The lowest BCUT2D eigenvalue weighted by Gasteiger charge is -2.25. The van der Waals surface area contributed by atoms with Crippen LogP contribution in [0.4, 0.5) is 4.39 Å². The Bertz CT molecular complexity index is 617. The van der Waals surface area contributed by atoms with Crippen molar-refractivity contribution < 1.29 is 4.39 Å². The highest BCUT2D eigenvalue weighted by Gasteiger charge is 2.19. The summed E-state index contributed by atoms with van der Waals surface area (Å²) in [6, 6.07) is 4.76. The molecule has 1 N–H and O–H groups in total. The van der Waals surface area contributed by atoms with E-state index in [1.807, 2.05) is 4.57 Å². The number of hydrogen-bond acceptors (Lipinski definition) is 1. The molecule has 2 rings (SSSR count). The first-order chi connectivity index (χ1) is 8.90. The van der Waals surface area contributed by atoms with Gasteiger partial charge in [0, 0.05) is 6.54 Å². The zero-order chi connectivity index (χ0) is 14.2. The van der Waals surface area contributed by atoms with E-state index in [1.165, 1.54) is 6.07 Å². The molecule has 0 spiro atoms. The number of imidazole rings is 1. The fraction of sp³-hybridized carbons (Fsp3) is 0.533. The van der Waals surface area contributed by atoms with Crippen molar-refractivity contribution in [2.45, 2.75) is 34.2 Å². The molecule has 0 saturated carbocycles. The number of hydrogen-bond donors (Lipinski definition) is 1. The molecule has 0 aliphatic rings. The topological polar surface area (TPSA) is 20.7 Å². The normalized spacial score (nSPS) is 12.2. The highest BCUT2D eigenvalue weighted by molar-refractivity contribution is 7.71. The van der Waals surface area contributed by atoms with Gasteiger partial charge in [0.15, 0.2) is 4.77 Å². The zero-order valence-electron chi connectivity index (χ0n) is 11.9. The van der Waals surface area contributed by atoms with Gasteiger partial charge in [-0.25, -0.2) is 4.39 Å². The van der Waals surface area contributed by atoms with Gasteiger partial charge in [-0.3, -0.25) is 0 Å². The van der Waals surface area contributed by atoms with E-state index in [-0.39, 0.29) is 5.82 Å². The molecule has 19 heavy (non-hydrogen) atoms. The van der Waals surface area contributed by atoms with Gasteiger partial charge < -0.3 is 9.55 Å². The number of aromatic nitrogens is 2. The van der Waals surface area contributed by atoms with Crippen molar-refractivity contribution in [3.63, 3.8) is 0 Å². The number of nitrogens with one attached hydrogen (secondary N) is 1. The lowest BCUT2D eigenvalue weighted by Crippen LogP contribution is -2.21. The Balaban J connectivity index is 2.47. The van der Waals surface area contributed by atoms with Crippen molar-refractivity contribution in [3.05, 3.63) is 28.8 Å². The van der Waals surface area contributed by atoms with Crippen molar-refractivity contribution >= 4 is 23.3 Å². The fourth-order valence-corrected chi connectivity index (χ4v) is 2.99. The number of aromatic amines is 1. The molecular weight excluding hydrogens is 259 g/mol. The van der Waals surface area contributed by atoms with Crippen LogP contribution in [0, 0.1) is 28.3 Å². The third kappa shape index (κ3) is 2.89. The van der Waals surface area contributed by atoms with Crippen LogP contribution in [0.5, 0.6) is 0 Å². The maximum absolute atomic E-state index is 13.4. The molecule has 0 amide bonds. The molecule has 1 aromatic carbocycles. The van der Waals surface area contributed by atoms with E-state index < -0.39 is 0 Å². The molecule has 1 heterocycles. The first-order valence-electron chi connectivity index (χ1n) is 6.78. The first kappa shape index (κ1) is 14.3. The molecule has 0 saturated heterocycles. The average molecular weight is 280 g/mol. The van der Waals surface area contributed by atoms with Crippen molar-refractivity contribution in [2.75, 3.05) is 0 Å². The van der Waals surface area contributed by atoms with Gasteiger partial charge in [-0.15, -0.1) is 0 Å². The van der Waals surface area contributed by atoms with Crippen LogP contribution in [0.25, 0.3) is 11.0 Å². The van der Waals surface area contributed by atoms with E-state index in [0.29, 0.717) is 22.5 Å². The quantitative estimate of drug-likeness (QED) is 0.800. The van der Waals surface area contributed by atoms with E-state index >= 15 is 0 Å². The third-order valence-corrected chi connectivity index (χ3v) is 4.17. The second-order valence-electron chi connectivity index (χ2n) is 5.85. The minimum absolute atomic E-state index is 0.221. The number of rotatable bonds is 4. The van der Waals surface area contributed by atoms with E-state index in [9.17, 15) is 4.39 Å². The molecular formula is C15H21FN2S. The van der Waals surface area contributed by atoms with Crippen LogP contribution >= 0.6 is 12.2 Å². The molecule has 104 valence electrons. The second kappa shape index (κ2) is 5.45. The Labute approximate surface area is 118 Å². The maximum Gasteiger partial charge on any atom is 0.178 e. The zero-order valence-corrected chi connectivity index (χ0v) is 12.7. The Morgan fingerprint density at radius 2 is 1.84 bits per heavy atom. The molecule has 2 aromatic rings. The monoisotopic (exact) mass is 280 g/mol. The van der Waals surface area contributed by atoms with Crippen LogP contribution in [0.1, 0.15) is 27.7 Å². The van der Waals surface area contributed by atoms with Crippen molar-refractivity contribution in [1.29, 1.82) is 0 Å². The molecule has 0 radical (unpaired) electrons. The van der Waals surface area contributed by atoms with Crippen LogP contribution in [0.2, 0.25) is 0 Å². The molecule has 2 nitrogen and oxygen atoms in total. The van der Waals surface area contributed by atoms with Gasteiger partial charge >= 0.3 is 0 Å². The van der Waals surface area contributed by atoms with E-state index in [4.69, 9.17) is 12.2 Å². The van der Waals surface area contributed by atoms with Crippen molar-refractivity contribution in [3.8, 4) is 0 Å². The van der Waals surface area contributed by atoms with Gasteiger partial charge in [-0.05, 0) is 48.2 Å². The van der Waals surface area contributed by atoms with E-state index in [2.05, 4.69) is 32.7 Å². The summed E-state index contributed by atoms with van der Waals surface area (Å²) in [4.78, 5) is 3.15. The second-order valence-corrected chi connectivity index (χ2v) is 6.24. The molecule has 0 unspecified atom stereocenters. The number of nitrogens with zero attached hydrogens (tertiary/aromatic N) is 1. The Morgan fingerprint density at radius 1 is 1.21 bits per heavy atom. The summed E-state index contributed by atoms with van der Waals surface area (Å²) in [7, 11) is 0. The van der Waals surface area contributed by atoms with Crippen LogP contribution in [0.15, 0.2) is 18.2 Å². The summed E-state index contributed by atoms with van der Waals surface area (Å²) in [5.74, 6) is 1.44. The summed E-state index contributed by atoms with van der Waals surface area (Å²) in [5.41, 5.74) is 1.76. The van der Waals surface area contributed by atoms with Crippen LogP contribution < -0.4 is 0 Å². The van der Waals surface area contributed by atoms with E-state index in [1.54, 1.807) is 12.1 Å². The molecule has 0 fully saturated rings. The summed E-state index contributed by atoms with van der Waals surface area (Å²) in [6.07, 6.45) is 0. The standard InChI is InChI=1S/C15H21FN2S/c1-9(2)12(10(3)4)8-18-14-7-11(16)5-6-13(14)17-15(18)19/h5-7,9-10,12H,8H2,1-4H3,(H,17,19). The van der Waals surface area contributed by atoms with Crippen LogP contribution in [-0.2, 0) is 6.54 Å². The summed E-state index contributed by atoms with van der Waals surface area (Å²) < 4.78 is 16.1. The highest BCUT2D eigenvalue weighted by atomic mass is 32.1. The predicted octanol–water partition coefficient (Wildman–Crippen LogP) is 4.77. The summed E-state index contributed by atoms with van der Waals surface area (Å²) in [5, 5.41) is 0. The maximum atomic E-state index is 13.4. The molecule has 0 bridgehead atoms. The van der Waals surface area contributed by atoms with Gasteiger partial charge in [0.1, 0.15) is 5.82 Å². The van der Waals surface area contributed by atoms with Gasteiger partial charge in [0.25, 0.3) is 0 Å². The smallest absolute Gasteiger partial charge is 0.178 e. The van der Waals surface area contributed by atoms with Crippen molar-refractivity contribution in [1.82, 2.24) is 9.55 Å². The van der Waals surface area contributed by atoms with Crippen LogP contribution in [-0.4, -0.2) is 9.55 Å². The Hall–Kier alpha value is -1.16. The van der Waals surface area contributed by atoms with Gasteiger partial charge in [0.2, 0.25) is 0 Å². The van der Waals surface area contributed by atoms with E-state index in [0.717, 1.165) is 17.6 Å². The number of H-pyrrole nitrogens is 1. The largest absolute Gasteiger partial charge is 0.331 e. The lowest BCUT2D eigenvalue weighted by atomic mass is 9.85. The number of benzene rings is 1. The Morgan fingerprint density at radius 3 is 2.42 bits per heavy atom. The van der Waals surface area contributed by atoms with Gasteiger partial charge in [-0.1, -0.05) is 27.7 Å². The van der Waals surface area contributed by atoms with Crippen molar-refractivity contribution in [2.24, 2.45) is 17.8 Å². The lowest BCUT2D eigenvalue weighted by molar-refractivity contribution is 0.253. The minimum Gasteiger partial charge on any atom is -0.331 e. The predicted molar refractivity (Wildman–Crippen MR) is 80.2 cm³/mol. The number of halogens is 1.